The number of nitrogens with one attached hydrogen (secondary N) is 2. The third-order valence-corrected chi connectivity index (χ3v) is 3.07. The molecule has 0 spiro atoms. The molecule has 2 N–H and O–H groups in total. The molecule has 0 saturated carbocycles. The molecule has 0 atom stereocenters. The fourth-order valence-electron chi connectivity index (χ4n) is 1.98. The number of nitrogens with zero attached hydrogens (tertiary/aromatic N) is 1. The summed E-state index contributed by atoms with van der Waals surface area (Å²) in [6, 6.07) is 13.8. The molecule has 0 radical (unpaired) electrons. The van der Waals surface area contributed by atoms with Crippen LogP contribution in [-0.2, 0) is 0 Å². The van der Waals surface area contributed by atoms with E-state index in [1.165, 1.54) is 0 Å². The van der Waals surface area contributed by atoms with Crippen LogP contribution in [-0.4, -0.2) is 16.1 Å². The average molecular weight is 299 g/mol. The maximum Gasteiger partial charge on any atom is 0.273 e. The van der Waals surface area contributed by atoms with Gasteiger partial charge in [-0.25, -0.2) is 8.78 Å². The van der Waals surface area contributed by atoms with Crippen LogP contribution in [0.1, 0.15) is 10.5 Å². The Kier molecular flexibility index (Phi) is 3.65. The highest BCUT2D eigenvalue weighted by molar-refractivity contribution is 6.03. The van der Waals surface area contributed by atoms with E-state index in [1.54, 1.807) is 6.07 Å². The summed E-state index contributed by atoms with van der Waals surface area (Å²) in [5, 5.41) is 9.01. The minimum absolute atomic E-state index is 0.0951. The summed E-state index contributed by atoms with van der Waals surface area (Å²) in [5.41, 5.74) is 1.54. The molecule has 0 unspecified atom stereocenters. The van der Waals surface area contributed by atoms with Crippen molar-refractivity contribution >= 4 is 11.6 Å². The summed E-state index contributed by atoms with van der Waals surface area (Å²) in [6.07, 6.45) is 0. The Bertz CT molecular complexity index is 815. The number of rotatable bonds is 3. The van der Waals surface area contributed by atoms with Crippen molar-refractivity contribution in [2.45, 2.75) is 0 Å². The molecule has 110 valence electrons. The van der Waals surface area contributed by atoms with Crippen molar-refractivity contribution in [1.29, 1.82) is 0 Å². The van der Waals surface area contributed by atoms with E-state index in [-0.39, 0.29) is 11.4 Å². The van der Waals surface area contributed by atoms with E-state index in [2.05, 4.69) is 15.5 Å². The van der Waals surface area contributed by atoms with E-state index in [9.17, 15) is 13.6 Å². The monoisotopic (exact) mass is 299 g/mol. The Labute approximate surface area is 124 Å². The number of hydrogen-bond acceptors (Lipinski definition) is 2. The number of hydrogen-bond donors (Lipinski definition) is 2. The Morgan fingerprint density at radius 2 is 1.82 bits per heavy atom. The van der Waals surface area contributed by atoms with Gasteiger partial charge in [0.05, 0.1) is 11.4 Å². The van der Waals surface area contributed by atoms with E-state index < -0.39 is 17.5 Å². The van der Waals surface area contributed by atoms with Gasteiger partial charge in [-0.3, -0.25) is 9.89 Å². The van der Waals surface area contributed by atoms with Crippen LogP contribution in [0.3, 0.4) is 0 Å². The van der Waals surface area contributed by atoms with Gasteiger partial charge >= 0.3 is 0 Å². The summed E-state index contributed by atoms with van der Waals surface area (Å²) in [4.78, 5) is 12.1. The lowest BCUT2D eigenvalue weighted by Gasteiger charge is -2.04. The fraction of sp³-hybridized carbons (Fsp3) is 0. The molecule has 0 bridgehead atoms. The minimum Gasteiger partial charge on any atom is -0.318 e. The van der Waals surface area contributed by atoms with E-state index in [1.807, 2.05) is 30.3 Å². The Balaban J connectivity index is 1.80. The number of halogens is 2. The lowest BCUT2D eigenvalue weighted by molar-refractivity contribution is 0.102. The quantitative estimate of drug-likeness (QED) is 0.776. The predicted octanol–water partition coefficient (Wildman–Crippen LogP) is 3.61. The summed E-state index contributed by atoms with van der Waals surface area (Å²) >= 11 is 0. The van der Waals surface area contributed by atoms with Crippen LogP contribution < -0.4 is 5.32 Å². The van der Waals surface area contributed by atoms with Crippen LogP contribution in [0, 0.1) is 11.6 Å². The van der Waals surface area contributed by atoms with Crippen molar-refractivity contribution in [1.82, 2.24) is 10.2 Å². The highest BCUT2D eigenvalue weighted by Crippen LogP contribution is 2.19. The van der Waals surface area contributed by atoms with E-state index >= 15 is 0 Å². The second kappa shape index (κ2) is 5.77. The van der Waals surface area contributed by atoms with E-state index in [0.29, 0.717) is 11.8 Å². The van der Waals surface area contributed by atoms with Gasteiger partial charge in [-0.2, -0.15) is 5.10 Å². The van der Waals surface area contributed by atoms with E-state index in [0.717, 1.165) is 17.7 Å². The Hall–Kier alpha value is -3.02. The summed E-state index contributed by atoms with van der Waals surface area (Å²) < 4.78 is 26.3. The van der Waals surface area contributed by atoms with Gasteiger partial charge in [0.2, 0.25) is 0 Å². The average Bonchev–Trinajstić information content (AvgIpc) is 3.01. The maximum absolute atomic E-state index is 13.5. The van der Waals surface area contributed by atoms with Crippen LogP contribution in [0.15, 0.2) is 54.6 Å². The van der Waals surface area contributed by atoms with Gasteiger partial charge < -0.3 is 5.32 Å². The van der Waals surface area contributed by atoms with E-state index in [4.69, 9.17) is 0 Å². The van der Waals surface area contributed by atoms with Crippen LogP contribution in [0.5, 0.6) is 0 Å². The molecular weight excluding hydrogens is 288 g/mol. The first-order valence-electron chi connectivity index (χ1n) is 6.51. The summed E-state index contributed by atoms with van der Waals surface area (Å²) in [7, 11) is 0. The van der Waals surface area contributed by atoms with Crippen molar-refractivity contribution in [3.63, 3.8) is 0 Å². The predicted molar refractivity (Wildman–Crippen MR) is 78.3 cm³/mol. The molecule has 0 fully saturated rings. The molecule has 6 heteroatoms. The third kappa shape index (κ3) is 2.85. The van der Waals surface area contributed by atoms with Gasteiger partial charge in [0.25, 0.3) is 5.91 Å². The lowest BCUT2D eigenvalue weighted by atomic mass is 10.1. The fourth-order valence-corrected chi connectivity index (χ4v) is 1.98. The zero-order valence-corrected chi connectivity index (χ0v) is 11.3. The molecule has 22 heavy (non-hydrogen) atoms. The highest BCUT2D eigenvalue weighted by atomic mass is 19.1. The molecule has 1 aromatic heterocycles. The lowest BCUT2D eigenvalue weighted by Crippen LogP contribution is -2.13. The topological polar surface area (TPSA) is 57.8 Å². The number of aromatic amines is 1. The first-order chi connectivity index (χ1) is 10.6. The van der Waals surface area contributed by atoms with Gasteiger partial charge in [-0.15, -0.1) is 0 Å². The molecule has 1 heterocycles. The zero-order chi connectivity index (χ0) is 15.5. The normalized spacial score (nSPS) is 10.5. The van der Waals surface area contributed by atoms with Crippen LogP contribution in [0.2, 0.25) is 0 Å². The number of carbonyl (C=O) groups is 1. The van der Waals surface area contributed by atoms with Crippen LogP contribution in [0.4, 0.5) is 14.5 Å². The molecule has 4 nitrogen and oxygen atoms in total. The smallest absolute Gasteiger partial charge is 0.273 e. The number of benzene rings is 2. The molecule has 2 aromatic carbocycles. The van der Waals surface area contributed by atoms with Gasteiger partial charge in [0.15, 0.2) is 0 Å². The van der Waals surface area contributed by atoms with Crippen molar-refractivity contribution in [2.24, 2.45) is 0 Å². The van der Waals surface area contributed by atoms with Gasteiger partial charge in [-0.1, -0.05) is 30.3 Å². The van der Waals surface area contributed by atoms with Crippen LogP contribution in [0.25, 0.3) is 11.3 Å². The minimum atomic E-state index is -0.837. The van der Waals surface area contributed by atoms with Gasteiger partial charge in [0, 0.05) is 11.6 Å². The molecule has 0 aliphatic heterocycles. The number of carbonyl (C=O) groups excluding carboxylic acids is 1. The van der Waals surface area contributed by atoms with Crippen molar-refractivity contribution in [3.05, 3.63) is 71.9 Å². The van der Waals surface area contributed by atoms with Crippen molar-refractivity contribution < 1.29 is 13.6 Å². The molecule has 0 aliphatic carbocycles. The van der Waals surface area contributed by atoms with Gasteiger partial charge in [0.1, 0.15) is 17.3 Å². The van der Waals surface area contributed by atoms with Crippen molar-refractivity contribution in [3.8, 4) is 11.3 Å². The van der Waals surface area contributed by atoms with Crippen LogP contribution >= 0.6 is 0 Å². The van der Waals surface area contributed by atoms with Gasteiger partial charge in [-0.05, 0) is 18.2 Å². The van der Waals surface area contributed by atoms with Crippen molar-refractivity contribution in [2.75, 3.05) is 5.32 Å². The number of anilines is 1. The number of H-pyrrole nitrogens is 1. The SMILES string of the molecule is O=C(Nc1ccc(F)cc1F)c1cc(-c2ccccc2)n[nH]1. The standard InChI is InChI=1S/C16H11F2N3O/c17-11-6-7-13(12(18)8-11)19-16(22)15-9-14(20-21-15)10-4-2-1-3-5-10/h1-9H,(H,19,22)(H,20,21). The number of amides is 1. The molecule has 3 aromatic rings. The first-order valence-corrected chi connectivity index (χ1v) is 6.51. The Morgan fingerprint density at radius 1 is 1.05 bits per heavy atom. The molecule has 0 aliphatic rings. The highest BCUT2D eigenvalue weighted by Gasteiger charge is 2.13. The first kappa shape index (κ1) is 13.9. The molecular formula is C16H11F2N3O. The summed E-state index contributed by atoms with van der Waals surface area (Å²) in [6.45, 7) is 0. The molecule has 3 rings (SSSR count). The molecule has 0 saturated heterocycles. The second-order valence-corrected chi connectivity index (χ2v) is 4.61. The Morgan fingerprint density at radius 3 is 2.55 bits per heavy atom. The third-order valence-electron chi connectivity index (χ3n) is 3.07. The maximum atomic E-state index is 13.5. The number of aromatic nitrogens is 2. The largest absolute Gasteiger partial charge is 0.318 e. The summed E-state index contributed by atoms with van der Waals surface area (Å²) in [5.74, 6) is -2.10. The zero-order valence-electron chi connectivity index (χ0n) is 11.3. The second-order valence-electron chi connectivity index (χ2n) is 4.61. The molecule has 1 amide bonds.